The highest BCUT2D eigenvalue weighted by atomic mass is 14.3. The molecule has 0 aromatic rings. The Morgan fingerprint density at radius 2 is 1.85 bits per heavy atom. The van der Waals surface area contributed by atoms with Crippen LogP contribution in [0.2, 0.25) is 0 Å². The molecule has 0 aliphatic heterocycles. The Balaban J connectivity index is 2.14. The zero-order valence-electron chi connectivity index (χ0n) is 9.90. The third kappa shape index (κ3) is 5.33. The summed E-state index contributed by atoms with van der Waals surface area (Å²) in [6.45, 7) is 9.43. The first kappa shape index (κ1) is 11.1. The lowest BCUT2D eigenvalue weighted by Gasteiger charge is -2.22. The van der Waals surface area contributed by atoms with Crippen LogP contribution in [0.1, 0.15) is 66.2 Å². The monoisotopic (exact) mass is 182 g/mol. The molecule has 1 atom stereocenters. The van der Waals surface area contributed by atoms with Crippen LogP contribution in [0.15, 0.2) is 0 Å². The Labute approximate surface area is 84.1 Å². The van der Waals surface area contributed by atoms with Crippen LogP contribution in [0.3, 0.4) is 0 Å². The Morgan fingerprint density at radius 3 is 2.23 bits per heavy atom. The van der Waals surface area contributed by atoms with E-state index in [9.17, 15) is 0 Å². The van der Waals surface area contributed by atoms with Crippen molar-refractivity contribution in [1.29, 1.82) is 0 Å². The van der Waals surface area contributed by atoms with Gasteiger partial charge in [-0.1, -0.05) is 47.0 Å². The fraction of sp³-hybridized carbons (Fsp3) is 1.00. The summed E-state index contributed by atoms with van der Waals surface area (Å²) in [6, 6.07) is 0. The third-order valence-corrected chi connectivity index (χ3v) is 3.24. The molecule has 0 aromatic carbocycles. The van der Waals surface area contributed by atoms with Crippen LogP contribution in [0.5, 0.6) is 0 Å². The van der Waals surface area contributed by atoms with E-state index in [2.05, 4.69) is 27.7 Å². The quantitative estimate of drug-likeness (QED) is 0.581. The maximum absolute atomic E-state index is 2.36. The molecule has 0 saturated heterocycles. The van der Waals surface area contributed by atoms with Crippen LogP contribution >= 0.6 is 0 Å². The van der Waals surface area contributed by atoms with Gasteiger partial charge < -0.3 is 0 Å². The SMILES string of the molecule is CCC(CCC(C)(C)C)CC1CC1. The van der Waals surface area contributed by atoms with E-state index in [-0.39, 0.29) is 0 Å². The van der Waals surface area contributed by atoms with Gasteiger partial charge in [-0.3, -0.25) is 0 Å². The molecule has 1 saturated carbocycles. The average Bonchev–Trinajstić information content (AvgIpc) is 2.79. The van der Waals surface area contributed by atoms with Gasteiger partial charge in [-0.15, -0.1) is 0 Å². The van der Waals surface area contributed by atoms with E-state index >= 15 is 0 Å². The minimum absolute atomic E-state index is 0.539. The zero-order valence-corrected chi connectivity index (χ0v) is 9.90. The van der Waals surface area contributed by atoms with Crippen molar-refractivity contribution in [3.05, 3.63) is 0 Å². The van der Waals surface area contributed by atoms with Gasteiger partial charge in [-0.05, 0) is 36.5 Å². The maximum atomic E-state index is 2.36. The van der Waals surface area contributed by atoms with Gasteiger partial charge in [0.25, 0.3) is 0 Å². The fourth-order valence-corrected chi connectivity index (χ4v) is 1.95. The molecule has 0 aromatic heterocycles. The second kappa shape index (κ2) is 4.48. The maximum Gasteiger partial charge on any atom is -0.0383 e. The average molecular weight is 182 g/mol. The van der Waals surface area contributed by atoms with E-state index in [1.807, 2.05) is 0 Å². The summed E-state index contributed by atoms with van der Waals surface area (Å²) >= 11 is 0. The molecule has 0 nitrogen and oxygen atoms in total. The van der Waals surface area contributed by atoms with Crippen molar-refractivity contribution in [3.63, 3.8) is 0 Å². The molecule has 1 unspecified atom stereocenters. The fourth-order valence-electron chi connectivity index (χ4n) is 1.95. The van der Waals surface area contributed by atoms with E-state index in [0.29, 0.717) is 5.41 Å². The molecule has 0 radical (unpaired) electrons. The number of rotatable bonds is 5. The highest BCUT2D eigenvalue weighted by molar-refractivity contribution is 4.77. The molecule has 1 fully saturated rings. The molecule has 1 aliphatic carbocycles. The van der Waals surface area contributed by atoms with Crippen molar-refractivity contribution in [2.24, 2.45) is 17.3 Å². The van der Waals surface area contributed by atoms with Crippen LogP contribution < -0.4 is 0 Å². The van der Waals surface area contributed by atoms with Crippen LogP contribution in [0, 0.1) is 17.3 Å². The molecule has 0 bridgehead atoms. The Morgan fingerprint density at radius 1 is 1.23 bits per heavy atom. The van der Waals surface area contributed by atoms with Crippen molar-refractivity contribution in [3.8, 4) is 0 Å². The molecule has 0 N–H and O–H groups in total. The summed E-state index contributed by atoms with van der Waals surface area (Å²) in [6.07, 6.45) is 8.81. The minimum atomic E-state index is 0.539. The zero-order chi connectivity index (χ0) is 9.90. The smallest absolute Gasteiger partial charge is 0.0383 e. The van der Waals surface area contributed by atoms with Crippen molar-refractivity contribution < 1.29 is 0 Å². The lowest BCUT2D eigenvalue weighted by Crippen LogP contribution is -2.09. The topological polar surface area (TPSA) is 0 Å². The lowest BCUT2D eigenvalue weighted by atomic mass is 9.84. The van der Waals surface area contributed by atoms with Gasteiger partial charge in [0, 0.05) is 0 Å². The molecular weight excluding hydrogens is 156 g/mol. The largest absolute Gasteiger partial charge is 0.0651 e. The van der Waals surface area contributed by atoms with Gasteiger partial charge in [0.1, 0.15) is 0 Å². The normalized spacial score (nSPS) is 20.3. The number of hydrogen-bond donors (Lipinski definition) is 0. The summed E-state index contributed by atoms with van der Waals surface area (Å²) in [5.74, 6) is 2.14. The third-order valence-electron chi connectivity index (χ3n) is 3.24. The molecule has 78 valence electrons. The van der Waals surface area contributed by atoms with E-state index in [1.165, 1.54) is 38.5 Å². The van der Waals surface area contributed by atoms with Crippen molar-refractivity contribution in [1.82, 2.24) is 0 Å². The van der Waals surface area contributed by atoms with Gasteiger partial charge in [-0.25, -0.2) is 0 Å². The van der Waals surface area contributed by atoms with E-state index in [1.54, 1.807) is 0 Å². The standard InChI is InChI=1S/C13H26/c1-5-11(10-12-6-7-12)8-9-13(2,3)4/h11-12H,5-10H2,1-4H3. The first-order valence-corrected chi connectivity index (χ1v) is 6.01. The second-order valence-electron chi connectivity index (χ2n) is 6.05. The van der Waals surface area contributed by atoms with Gasteiger partial charge in [0.15, 0.2) is 0 Å². The van der Waals surface area contributed by atoms with Crippen molar-refractivity contribution >= 4 is 0 Å². The molecular formula is C13H26. The first-order valence-electron chi connectivity index (χ1n) is 6.01. The summed E-state index contributed by atoms with van der Waals surface area (Å²) in [7, 11) is 0. The van der Waals surface area contributed by atoms with E-state index < -0.39 is 0 Å². The van der Waals surface area contributed by atoms with Crippen molar-refractivity contribution in [2.45, 2.75) is 66.2 Å². The highest BCUT2D eigenvalue weighted by Gasteiger charge is 2.25. The second-order valence-corrected chi connectivity index (χ2v) is 6.05. The van der Waals surface area contributed by atoms with Gasteiger partial charge >= 0.3 is 0 Å². The molecule has 0 spiro atoms. The highest BCUT2D eigenvalue weighted by Crippen LogP contribution is 2.38. The Hall–Kier alpha value is 0. The Bertz CT molecular complexity index is 137. The summed E-state index contributed by atoms with van der Waals surface area (Å²) < 4.78 is 0. The van der Waals surface area contributed by atoms with Crippen LogP contribution in [0.25, 0.3) is 0 Å². The summed E-state index contributed by atoms with van der Waals surface area (Å²) in [5.41, 5.74) is 0.539. The van der Waals surface area contributed by atoms with Crippen LogP contribution in [-0.4, -0.2) is 0 Å². The molecule has 13 heavy (non-hydrogen) atoms. The number of hydrogen-bond acceptors (Lipinski definition) is 0. The van der Waals surface area contributed by atoms with Gasteiger partial charge in [0.2, 0.25) is 0 Å². The molecule has 0 heteroatoms. The molecule has 0 heterocycles. The van der Waals surface area contributed by atoms with Gasteiger partial charge in [0.05, 0.1) is 0 Å². The van der Waals surface area contributed by atoms with E-state index in [4.69, 9.17) is 0 Å². The Kier molecular flexibility index (Phi) is 3.82. The molecule has 0 amide bonds. The summed E-state index contributed by atoms with van der Waals surface area (Å²) in [5, 5.41) is 0. The molecule has 1 aliphatic rings. The lowest BCUT2D eigenvalue weighted by molar-refractivity contribution is 0.302. The predicted octanol–water partition coefficient (Wildman–Crippen LogP) is 4.64. The first-order chi connectivity index (χ1) is 6.01. The molecule has 1 rings (SSSR count). The predicted molar refractivity (Wildman–Crippen MR) is 59.8 cm³/mol. The van der Waals surface area contributed by atoms with Crippen molar-refractivity contribution in [2.75, 3.05) is 0 Å². The minimum Gasteiger partial charge on any atom is -0.0651 e. The summed E-state index contributed by atoms with van der Waals surface area (Å²) in [4.78, 5) is 0. The van der Waals surface area contributed by atoms with Crippen LogP contribution in [0.4, 0.5) is 0 Å². The van der Waals surface area contributed by atoms with Gasteiger partial charge in [-0.2, -0.15) is 0 Å². The van der Waals surface area contributed by atoms with Crippen LogP contribution in [-0.2, 0) is 0 Å². The van der Waals surface area contributed by atoms with E-state index in [0.717, 1.165) is 11.8 Å².